The van der Waals surface area contributed by atoms with Gasteiger partial charge in [-0.3, -0.25) is 4.79 Å². The van der Waals surface area contributed by atoms with Gasteiger partial charge in [0.2, 0.25) is 5.91 Å². The van der Waals surface area contributed by atoms with Crippen LogP contribution in [-0.2, 0) is 4.79 Å². The molecule has 3 heteroatoms. The third-order valence-corrected chi connectivity index (χ3v) is 3.15. The summed E-state index contributed by atoms with van der Waals surface area (Å²) in [5, 5.41) is 5.97. The van der Waals surface area contributed by atoms with Gasteiger partial charge in [0.05, 0.1) is 0 Å². The molecule has 0 radical (unpaired) electrons. The van der Waals surface area contributed by atoms with Gasteiger partial charge in [-0.2, -0.15) is 0 Å². The third kappa shape index (κ3) is 5.78. The van der Waals surface area contributed by atoms with Crippen LogP contribution in [0.2, 0.25) is 0 Å². The quantitative estimate of drug-likeness (QED) is 0.538. The second kappa shape index (κ2) is 7.69. The predicted octanol–water partition coefficient (Wildman–Crippen LogP) is 1.68. The molecule has 1 aliphatic rings. The van der Waals surface area contributed by atoms with E-state index in [4.69, 9.17) is 0 Å². The number of amides is 1. The molecule has 1 rings (SSSR count). The average molecular weight is 212 g/mol. The van der Waals surface area contributed by atoms with E-state index in [9.17, 15) is 4.79 Å². The van der Waals surface area contributed by atoms with Crippen molar-refractivity contribution in [2.75, 3.05) is 20.1 Å². The molecule has 15 heavy (non-hydrogen) atoms. The molecule has 0 aromatic carbocycles. The molecule has 88 valence electrons. The highest BCUT2D eigenvalue weighted by Crippen LogP contribution is 2.25. The van der Waals surface area contributed by atoms with Crippen LogP contribution < -0.4 is 10.6 Å². The van der Waals surface area contributed by atoms with Crippen molar-refractivity contribution >= 4 is 5.91 Å². The Labute approximate surface area is 93.0 Å². The normalized spacial score (nSPS) is 18.5. The topological polar surface area (TPSA) is 41.1 Å². The Morgan fingerprint density at radius 1 is 1.13 bits per heavy atom. The molecule has 3 nitrogen and oxygen atoms in total. The minimum atomic E-state index is 0.233. The van der Waals surface area contributed by atoms with E-state index in [1.54, 1.807) is 0 Å². The average Bonchev–Trinajstić information content (AvgIpc) is 2.47. The van der Waals surface area contributed by atoms with Crippen LogP contribution >= 0.6 is 0 Å². The highest BCUT2D eigenvalue weighted by atomic mass is 16.1. The second-order valence-corrected chi connectivity index (χ2v) is 4.52. The molecular formula is C12H24N2O. The van der Waals surface area contributed by atoms with E-state index in [0.29, 0.717) is 5.92 Å². The largest absolute Gasteiger partial charge is 0.355 e. The fourth-order valence-corrected chi connectivity index (χ4v) is 2.23. The van der Waals surface area contributed by atoms with Gasteiger partial charge in [-0.25, -0.2) is 0 Å². The Hall–Kier alpha value is -0.570. The van der Waals surface area contributed by atoms with Gasteiger partial charge >= 0.3 is 0 Å². The van der Waals surface area contributed by atoms with Crippen LogP contribution in [0.4, 0.5) is 0 Å². The highest BCUT2D eigenvalue weighted by Gasteiger charge is 2.15. The molecule has 0 bridgehead atoms. The molecule has 1 amide bonds. The van der Waals surface area contributed by atoms with E-state index in [-0.39, 0.29) is 5.91 Å². The Morgan fingerprint density at radius 2 is 1.80 bits per heavy atom. The zero-order valence-electron chi connectivity index (χ0n) is 9.85. The third-order valence-electron chi connectivity index (χ3n) is 3.15. The maximum Gasteiger partial charge on any atom is 0.220 e. The first-order chi connectivity index (χ1) is 7.33. The van der Waals surface area contributed by atoms with Crippen LogP contribution in [-0.4, -0.2) is 26.0 Å². The summed E-state index contributed by atoms with van der Waals surface area (Å²) in [6.07, 6.45) is 8.58. The lowest BCUT2D eigenvalue weighted by molar-refractivity contribution is -0.122. The molecule has 2 N–H and O–H groups in total. The van der Waals surface area contributed by atoms with Gasteiger partial charge in [-0.05, 0) is 25.8 Å². The van der Waals surface area contributed by atoms with Crippen molar-refractivity contribution < 1.29 is 4.79 Å². The zero-order chi connectivity index (χ0) is 10.9. The number of hydrogen-bond donors (Lipinski definition) is 2. The van der Waals surface area contributed by atoms with Crippen LogP contribution in [0, 0.1) is 5.92 Å². The number of hydrogen-bond acceptors (Lipinski definition) is 2. The molecule has 1 saturated carbocycles. The lowest BCUT2D eigenvalue weighted by Gasteiger charge is -2.13. The number of carbonyl (C=O) groups is 1. The van der Waals surface area contributed by atoms with Crippen molar-refractivity contribution in [3.8, 4) is 0 Å². The fraction of sp³-hybridized carbons (Fsp3) is 0.917. The standard InChI is InChI=1S/C12H24N2O/c1-13-8-9-14-12(15)10-11-6-4-2-3-5-7-11/h11,13H,2-10H2,1H3,(H,14,15). The smallest absolute Gasteiger partial charge is 0.220 e. The van der Waals surface area contributed by atoms with Gasteiger partial charge < -0.3 is 10.6 Å². The molecule has 0 heterocycles. The summed E-state index contributed by atoms with van der Waals surface area (Å²) in [4.78, 5) is 11.6. The highest BCUT2D eigenvalue weighted by molar-refractivity contribution is 5.76. The van der Waals surface area contributed by atoms with Gasteiger partial charge in [0, 0.05) is 19.5 Å². The molecule has 0 aliphatic heterocycles. The van der Waals surface area contributed by atoms with E-state index < -0.39 is 0 Å². The van der Waals surface area contributed by atoms with E-state index in [1.807, 2.05) is 7.05 Å². The van der Waals surface area contributed by atoms with E-state index in [0.717, 1.165) is 19.5 Å². The van der Waals surface area contributed by atoms with Crippen LogP contribution in [0.1, 0.15) is 44.9 Å². The number of likely N-dealkylation sites (N-methyl/N-ethyl adjacent to an activating group) is 1. The van der Waals surface area contributed by atoms with Gasteiger partial charge in [-0.15, -0.1) is 0 Å². The molecular weight excluding hydrogens is 188 g/mol. The summed E-state index contributed by atoms with van der Waals surface area (Å²) in [6.45, 7) is 1.61. The molecule has 0 aromatic rings. The van der Waals surface area contributed by atoms with Crippen molar-refractivity contribution in [3.05, 3.63) is 0 Å². The van der Waals surface area contributed by atoms with Crippen molar-refractivity contribution in [1.29, 1.82) is 0 Å². The van der Waals surface area contributed by atoms with Gasteiger partial charge in [0.1, 0.15) is 0 Å². The van der Waals surface area contributed by atoms with E-state index in [1.165, 1.54) is 38.5 Å². The van der Waals surface area contributed by atoms with Crippen molar-refractivity contribution in [2.45, 2.75) is 44.9 Å². The van der Waals surface area contributed by atoms with Gasteiger partial charge in [-0.1, -0.05) is 25.7 Å². The molecule has 0 unspecified atom stereocenters. The monoisotopic (exact) mass is 212 g/mol. The Morgan fingerprint density at radius 3 is 2.40 bits per heavy atom. The first-order valence-electron chi connectivity index (χ1n) is 6.24. The Kier molecular flexibility index (Phi) is 6.41. The minimum absolute atomic E-state index is 0.233. The van der Waals surface area contributed by atoms with Crippen LogP contribution in [0.15, 0.2) is 0 Å². The summed E-state index contributed by atoms with van der Waals surface area (Å²) in [5.41, 5.74) is 0. The van der Waals surface area contributed by atoms with Crippen LogP contribution in [0.3, 0.4) is 0 Å². The molecule has 0 saturated heterocycles. The molecule has 0 atom stereocenters. The fourth-order valence-electron chi connectivity index (χ4n) is 2.23. The Balaban J connectivity index is 2.12. The second-order valence-electron chi connectivity index (χ2n) is 4.52. The molecule has 1 aliphatic carbocycles. The number of nitrogens with one attached hydrogen (secondary N) is 2. The molecule has 0 spiro atoms. The summed E-state index contributed by atoms with van der Waals surface area (Å²) in [6, 6.07) is 0. The lowest BCUT2D eigenvalue weighted by Crippen LogP contribution is -2.31. The van der Waals surface area contributed by atoms with E-state index >= 15 is 0 Å². The SMILES string of the molecule is CNCCNC(=O)CC1CCCCCC1. The number of rotatable bonds is 5. The van der Waals surface area contributed by atoms with Gasteiger partial charge in [0.25, 0.3) is 0 Å². The lowest BCUT2D eigenvalue weighted by atomic mass is 9.96. The number of carbonyl (C=O) groups excluding carboxylic acids is 1. The van der Waals surface area contributed by atoms with Crippen molar-refractivity contribution in [2.24, 2.45) is 5.92 Å². The zero-order valence-corrected chi connectivity index (χ0v) is 9.85. The van der Waals surface area contributed by atoms with Gasteiger partial charge in [0.15, 0.2) is 0 Å². The van der Waals surface area contributed by atoms with Crippen LogP contribution in [0.5, 0.6) is 0 Å². The summed E-state index contributed by atoms with van der Waals surface area (Å²) in [5.74, 6) is 0.874. The van der Waals surface area contributed by atoms with Crippen LogP contribution in [0.25, 0.3) is 0 Å². The summed E-state index contributed by atoms with van der Waals surface area (Å²) in [7, 11) is 1.90. The van der Waals surface area contributed by atoms with Crippen molar-refractivity contribution in [3.63, 3.8) is 0 Å². The first kappa shape index (κ1) is 12.5. The minimum Gasteiger partial charge on any atom is -0.355 e. The Bertz CT molecular complexity index is 174. The maximum absolute atomic E-state index is 11.6. The van der Waals surface area contributed by atoms with E-state index in [2.05, 4.69) is 10.6 Å². The predicted molar refractivity (Wildman–Crippen MR) is 62.7 cm³/mol. The summed E-state index contributed by atoms with van der Waals surface area (Å²) < 4.78 is 0. The molecule has 1 fully saturated rings. The molecule has 0 aromatic heterocycles. The first-order valence-corrected chi connectivity index (χ1v) is 6.24. The maximum atomic E-state index is 11.6. The van der Waals surface area contributed by atoms with Crippen molar-refractivity contribution in [1.82, 2.24) is 10.6 Å². The summed E-state index contributed by atoms with van der Waals surface area (Å²) >= 11 is 0.